The van der Waals surface area contributed by atoms with Crippen LogP contribution in [0, 0.1) is 6.92 Å². The van der Waals surface area contributed by atoms with E-state index < -0.39 is 17.2 Å². The number of anilines is 1. The van der Waals surface area contributed by atoms with Gasteiger partial charge in [0, 0.05) is 18.3 Å². The van der Waals surface area contributed by atoms with Crippen LogP contribution in [0.1, 0.15) is 23.4 Å². The van der Waals surface area contributed by atoms with Crippen molar-refractivity contribution in [3.8, 4) is 0 Å². The molecule has 126 valence electrons. The van der Waals surface area contributed by atoms with Crippen molar-refractivity contribution >= 4 is 29.5 Å². The summed E-state index contributed by atoms with van der Waals surface area (Å²) in [6, 6.07) is 10.3. The van der Waals surface area contributed by atoms with Crippen LogP contribution in [0.2, 0.25) is 0 Å². The van der Waals surface area contributed by atoms with Crippen molar-refractivity contribution in [2.24, 2.45) is 0 Å². The zero-order valence-electron chi connectivity index (χ0n) is 13.4. The fraction of sp³-hybridized carbons (Fsp3) is 0.250. The first-order valence-electron chi connectivity index (χ1n) is 7.41. The van der Waals surface area contributed by atoms with E-state index in [2.05, 4.69) is 20.6 Å². The maximum Gasteiger partial charge on any atom is 0.321 e. The fourth-order valence-corrected chi connectivity index (χ4v) is 3.03. The highest BCUT2D eigenvalue weighted by atomic mass is 32.2. The lowest BCUT2D eigenvalue weighted by Gasteiger charge is -2.16. The summed E-state index contributed by atoms with van der Waals surface area (Å²) >= 11 is 1.14. The van der Waals surface area contributed by atoms with Crippen LogP contribution in [0.4, 0.5) is 10.6 Å². The van der Waals surface area contributed by atoms with Crippen molar-refractivity contribution < 1.29 is 9.59 Å². The van der Waals surface area contributed by atoms with E-state index in [1.807, 2.05) is 30.3 Å². The van der Waals surface area contributed by atoms with Gasteiger partial charge in [-0.05, 0) is 19.4 Å². The van der Waals surface area contributed by atoms with Crippen molar-refractivity contribution in [2.45, 2.75) is 24.3 Å². The standard InChI is InChI=1S/C16H19N5O2S/c1-3-18-15(23)21-14(22)13(11-7-5-4-6-8-11)24-16-19-10(2)9-12(17)20-16/h4-9,13H,3H2,1-2H3,(H2,17,19,20)(H2,18,21,22,23). The molecule has 3 amide bonds. The van der Waals surface area contributed by atoms with Gasteiger partial charge < -0.3 is 11.1 Å². The summed E-state index contributed by atoms with van der Waals surface area (Å²) in [5, 5.41) is 4.58. The molecule has 1 atom stereocenters. The van der Waals surface area contributed by atoms with Crippen LogP contribution >= 0.6 is 11.8 Å². The minimum atomic E-state index is -0.671. The molecule has 1 unspecified atom stereocenters. The summed E-state index contributed by atoms with van der Waals surface area (Å²) in [4.78, 5) is 32.6. The number of nitrogens with two attached hydrogens (primary N) is 1. The van der Waals surface area contributed by atoms with Gasteiger partial charge in [-0.1, -0.05) is 42.1 Å². The van der Waals surface area contributed by atoms with E-state index in [-0.39, 0.29) is 0 Å². The van der Waals surface area contributed by atoms with Gasteiger partial charge in [-0.2, -0.15) is 0 Å². The minimum absolute atomic E-state index is 0.334. The monoisotopic (exact) mass is 345 g/mol. The first kappa shape index (κ1) is 17.7. The number of thioether (sulfide) groups is 1. The van der Waals surface area contributed by atoms with Crippen LogP contribution in [0.25, 0.3) is 0 Å². The summed E-state index contributed by atoms with van der Waals surface area (Å²) in [6.07, 6.45) is 0. The molecule has 4 N–H and O–H groups in total. The average molecular weight is 345 g/mol. The highest BCUT2D eigenvalue weighted by molar-refractivity contribution is 8.00. The summed E-state index contributed by atoms with van der Waals surface area (Å²) in [6.45, 7) is 4.00. The van der Waals surface area contributed by atoms with Crippen LogP contribution < -0.4 is 16.4 Å². The van der Waals surface area contributed by atoms with Gasteiger partial charge in [-0.25, -0.2) is 14.8 Å². The van der Waals surface area contributed by atoms with Crippen LogP contribution in [-0.2, 0) is 4.79 Å². The summed E-state index contributed by atoms with van der Waals surface area (Å²) in [5.41, 5.74) is 7.19. The van der Waals surface area contributed by atoms with E-state index in [0.717, 1.165) is 17.3 Å². The third-order valence-electron chi connectivity index (χ3n) is 2.99. The average Bonchev–Trinajstić information content (AvgIpc) is 2.52. The lowest BCUT2D eigenvalue weighted by molar-refractivity contribution is -0.119. The third-order valence-corrected chi connectivity index (χ3v) is 4.11. The Morgan fingerprint density at radius 3 is 2.58 bits per heavy atom. The number of imide groups is 1. The molecule has 0 fully saturated rings. The molecular formula is C16H19N5O2S. The van der Waals surface area contributed by atoms with Crippen LogP contribution in [0.5, 0.6) is 0 Å². The van der Waals surface area contributed by atoms with E-state index in [0.29, 0.717) is 23.2 Å². The Bertz CT molecular complexity index is 703. The first-order chi connectivity index (χ1) is 11.5. The SMILES string of the molecule is CCNC(=O)NC(=O)C(Sc1nc(C)cc(N)n1)c1ccccc1. The van der Waals surface area contributed by atoms with Gasteiger partial charge in [0.25, 0.3) is 0 Å². The van der Waals surface area contributed by atoms with Gasteiger partial charge >= 0.3 is 6.03 Å². The van der Waals surface area contributed by atoms with Crippen molar-refractivity contribution in [3.63, 3.8) is 0 Å². The van der Waals surface area contributed by atoms with Gasteiger partial charge in [-0.15, -0.1) is 0 Å². The Morgan fingerprint density at radius 1 is 1.25 bits per heavy atom. The molecule has 1 heterocycles. The van der Waals surface area contributed by atoms with Crippen molar-refractivity contribution in [1.29, 1.82) is 0 Å². The molecule has 0 saturated carbocycles. The lowest BCUT2D eigenvalue weighted by atomic mass is 10.1. The predicted molar refractivity (Wildman–Crippen MR) is 93.4 cm³/mol. The second kappa shape index (κ2) is 8.30. The number of benzene rings is 1. The number of nitrogens with zero attached hydrogens (tertiary/aromatic N) is 2. The predicted octanol–water partition coefficient (Wildman–Crippen LogP) is 2.05. The number of carbonyl (C=O) groups excluding carboxylic acids is 2. The number of aromatic nitrogens is 2. The number of rotatable bonds is 5. The molecule has 8 heteroatoms. The number of nitrogens with one attached hydrogen (secondary N) is 2. The maximum absolute atomic E-state index is 12.5. The van der Waals surface area contributed by atoms with E-state index >= 15 is 0 Å². The zero-order valence-corrected chi connectivity index (χ0v) is 14.3. The number of urea groups is 1. The number of hydrogen-bond donors (Lipinski definition) is 3. The van der Waals surface area contributed by atoms with Crippen molar-refractivity contribution in [2.75, 3.05) is 12.3 Å². The van der Waals surface area contributed by atoms with E-state index in [1.165, 1.54) is 0 Å². The van der Waals surface area contributed by atoms with Gasteiger partial charge in [0.1, 0.15) is 11.1 Å². The van der Waals surface area contributed by atoms with Crippen LogP contribution in [0.15, 0.2) is 41.6 Å². The Balaban J connectivity index is 2.26. The fourth-order valence-electron chi connectivity index (χ4n) is 2.01. The normalized spacial score (nSPS) is 11.6. The number of amides is 3. The number of carbonyl (C=O) groups is 2. The van der Waals surface area contributed by atoms with Gasteiger partial charge in [0.05, 0.1) is 0 Å². The Kier molecular flexibility index (Phi) is 6.14. The maximum atomic E-state index is 12.5. The molecule has 24 heavy (non-hydrogen) atoms. The molecule has 0 aliphatic carbocycles. The van der Waals surface area contributed by atoms with Crippen LogP contribution in [-0.4, -0.2) is 28.5 Å². The topological polar surface area (TPSA) is 110 Å². The highest BCUT2D eigenvalue weighted by Crippen LogP contribution is 2.33. The molecule has 1 aromatic heterocycles. The Morgan fingerprint density at radius 2 is 1.96 bits per heavy atom. The Labute approximate surface area is 144 Å². The Hall–Kier alpha value is -2.61. The van der Waals surface area contributed by atoms with Gasteiger partial charge in [-0.3, -0.25) is 10.1 Å². The van der Waals surface area contributed by atoms with Gasteiger partial charge in [0.2, 0.25) is 5.91 Å². The molecule has 0 saturated heterocycles. The smallest absolute Gasteiger partial charge is 0.321 e. The molecule has 2 aromatic rings. The van der Waals surface area contributed by atoms with Gasteiger partial charge in [0.15, 0.2) is 5.16 Å². The molecule has 0 radical (unpaired) electrons. The second-order valence-electron chi connectivity index (χ2n) is 4.97. The summed E-state index contributed by atoms with van der Waals surface area (Å²) in [7, 11) is 0. The molecule has 7 nitrogen and oxygen atoms in total. The molecule has 1 aromatic carbocycles. The third kappa shape index (κ3) is 4.95. The number of hydrogen-bond acceptors (Lipinski definition) is 6. The molecule has 0 spiro atoms. The highest BCUT2D eigenvalue weighted by Gasteiger charge is 2.25. The van der Waals surface area contributed by atoms with E-state index in [1.54, 1.807) is 19.9 Å². The first-order valence-corrected chi connectivity index (χ1v) is 8.29. The largest absolute Gasteiger partial charge is 0.384 e. The van der Waals surface area contributed by atoms with Crippen molar-refractivity contribution in [3.05, 3.63) is 47.7 Å². The number of nitrogen functional groups attached to an aromatic ring is 1. The van der Waals surface area contributed by atoms with Crippen molar-refractivity contribution in [1.82, 2.24) is 20.6 Å². The molecule has 0 bridgehead atoms. The summed E-state index contributed by atoms with van der Waals surface area (Å²) in [5.74, 6) is -0.109. The molecule has 2 rings (SSSR count). The summed E-state index contributed by atoms with van der Waals surface area (Å²) < 4.78 is 0. The quantitative estimate of drug-likeness (QED) is 0.565. The lowest BCUT2D eigenvalue weighted by Crippen LogP contribution is -2.41. The number of aryl methyl sites for hydroxylation is 1. The molecule has 0 aliphatic rings. The zero-order chi connectivity index (χ0) is 17.5. The van der Waals surface area contributed by atoms with E-state index in [9.17, 15) is 9.59 Å². The van der Waals surface area contributed by atoms with E-state index in [4.69, 9.17) is 5.73 Å². The van der Waals surface area contributed by atoms with Crippen LogP contribution in [0.3, 0.4) is 0 Å². The minimum Gasteiger partial charge on any atom is -0.384 e. The second-order valence-corrected chi connectivity index (χ2v) is 6.05. The molecule has 0 aliphatic heterocycles. The molecular weight excluding hydrogens is 326 g/mol.